The molecule has 0 amide bonds. The van der Waals surface area contributed by atoms with Gasteiger partial charge in [0.1, 0.15) is 0 Å². The number of ether oxygens (including phenoxy) is 1. The Morgan fingerprint density at radius 1 is 1.38 bits per heavy atom. The molecule has 0 spiro atoms. The number of methoxy groups -OCH3 is 1. The van der Waals surface area contributed by atoms with Gasteiger partial charge in [-0.3, -0.25) is 4.68 Å². The molecule has 1 aromatic carbocycles. The zero-order valence-corrected chi connectivity index (χ0v) is 12.4. The van der Waals surface area contributed by atoms with Crippen molar-refractivity contribution in [1.29, 1.82) is 0 Å². The number of nitrogens with one attached hydrogen (secondary N) is 1. The second-order valence-corrected chi connectivity index (χ2v) is 4.67. The molecule has 4 nitrogen and oxygen atoms in total. The molecule has 0 saturated carbocycles. The van der Waals surface area contributed by atoms with Crippen molar-refractivity contribution >= 4 is 0 Å². The highest BCUT2D eigenvalue weighted by molar-refractivity contribution is 5.31. The number of aryl methyl sites for hydroxylation is 1. The third kappa shape index (κ3) is 3.05. The number of hydrogen-bond acceptors (Lipinski definition) is 3. The van der Waals surface area contributed by atoms with Crippen molar-refractivity contribution in [3.8, 4) is 5.75 Å². The number of rotatable bonds is 6. The van der Waals surface area contributed by atoms with Crippen LogP contribution in [0, 0.1) is 11.6 Å². The van der Waals surface area contributed by atoms with Crippen LogP contribution in [0.15, 0.2) is 24.4 Å². The lowest BCUT2D eigenvalue weighted by Crippen LogP contribution is -2.23. The van der Waals surface area contributed by atoms with Gasteiger partial charge in [0.05, 0.1) is 25.0 Å². The molecule has 0 aliphatic rings. The van der Waals surface area contributed by atoms with E-state index < -0.39 is 11.6 Å². The van der Waals surface area contributed by atoms with Crippen molar-refractivity contribution in [2.24, 2.45) is 0 Å². The summed E-state index contributed by atoms with van der Waals surface area (Å²) in [6.07, 6.45) is 1.94. The average Bonchev–Trinajstić information content (AvgIpc) is 2.91. The summed E-state index contributed by atoms with van der Waals surface area (Å²) < 4.78 is 34.3. The predicted octanol–water partition coefficient (Wildman–Crippen LogP) is 2.69. The first-order valence-electron chi connectivity index (χ1n) is 6.82. The van der Waals surface area contributed by atoms with Crippen LogP contribution in [0.1, 0.15) is 24.2 Å². The average molecular weight is 295 g/mol. The van der Waals surface area contributed by atoms with Crippen LogP contribution >= 0.6 is 0 Å². The predicted molar refractivity (Wildman–Crippen MR) is 76.3 cm³/mol. The molecule has 1 atom stereocenters. The Morgan fingerprint density at radius 3 is 2.76 bits per heavy atom. The van der Waals surface area contributed by atoms with Gasteiger partial charge in [-0.05, 0) is 32.0 Å². The number of benzene rings is 1. The maximum atomic E-state index is 13.8. The molecule has 1 N–H and O–H groups in total. The lowest BCUT2D eigenvalue weighted by molar-refractivity contribution is 0.393. The van der Waals surface area contributed by atoms with Gasteiger partial charge in [-0.1, -0.05) is 12.1 Å². The van der Waals surface area contributed by atoms with E-state index in [2.05, 4.69) is 10.4 Å². The third-order valence-electron chi connectivity index (χ3n) is 3.50. The van der Waals surface area contributed by atoms with Crippen molar-refractivity contribution < 1.29 is 13.5 Å². The van der Waals surface area contributed by atoms with Gasteiger partial charge in [0, 0.05) is 6.54 Å². The van der Waals surface area contributed by atoms with Crippen LogP contribution in [-0.4, -0.2) is 23.9 Å². The molecule has 6 heteroatoms. The van der Waals surface area contributed by atoms with Crippen LogP contribution in [0.25, 0.3) is 0 Å². The molecule has 0 aliphatic heterocycles. The molecule has 114 valence electrons. The number of aromatic nitrogens is 2. The standard InChI is InChI=1S/C15H19F2N3O/c1-4-20-15(13(21-3)9-19-20)12(18-2)8-10-6-5-7-11(16)14(10)17/h5-7,9,12,18H,4,8H2,1-3H3. The quantitative estimate of drug-likeness (QED) is 0.890. The van der Waals surface area contributed by atoms with Gasteiger partial charge in [-0.15, -0.1) is 0 Å². The van der Waals surface area contributed by atoms with Crippen molar-refractivity contribution in [3.05, 3.63) is 47.3 Å². The highest BCUT2D eigenvalue weighted by Crippen LogP contribution is 2.28. The molecule has 1 unspecified atom stereocenters. The molecule has 0 fully saturated rings. The highest BCUT2D eigenvalue weighted by Gasteiger charge is 2.22. The van der Waals surface area contributed by atoms with Crippen LogP contribution in [0.5, 0.6) is 5.75 Å². The van der Waals surface area contributed by atoms with Gasteiger partial charge >= 0.3 is 0 Å². The minimum atomic E-state index is -0.835. The second kappa shape index (κ2) is 6.67. The highest BCUT2D eigenvalue weighted by atomic mass is 19.2. The minimum absolute atomic E-state index is 0.223. The van der Waals surface area contributed by atoms with E-state index in [1.165, 1.54) is 6.07 Å². The molecule has 0 bridgehead atoms. The lowest BCUT2D eigenvalue weighted by Gasteiger charge is -2.19. The fraction of sp³-hybridized carbons (Fsp3) is 0.400. The largest absolute Gasteiger partial charge is 0.493 e. The maximum absolute atomic E-state index is 13.8. The summed E-state index contributed by atoms with van der Waals surface area (Å²) in [4.78, 5) is 0. The first-order chi connectivity index (χ1) is 10.1. The molecule has 1 aromatic heterocycles. The molecular formula is C15H19F2N3O. The van der Waals surface area contributed by atoms with Crippen LogP contribution in [0.2, 0.25) is 0 Å². The first-order valence-corrected chi connectivity index (χ1v) is 6.82. The van der Waals surface area contributed by atoms with Gasteiger partial charge in [0.25, 0.3) is 0 Å². The molecule has 0 aliphatic carbocycles. The molecular weight excluding hydrogens is 276 g/mol. The summed E-state index contributed by atoms with van der Waals surface area (Å²) in [6.45, 7) is 2.63. The normalized spacial score (nSPS) is 12.4. The van der Waals surface area contributed by atoms with E-state index in [1.807, 2.05) is 6.92 Å². The van der Waals surface area contributed by atoms with Gasteiger partial charge < -0.3 is 10.1 Å². The monoisotopic (exact) mass is 295 g/mol. The van der Waals surface area contributed by atoms with E-state index in [9.17, 15) is 8.78 Å². The minimum Gasteiger partial charge on any atom is -0.493 e. The lowest BCUT2D eigenvalue weighted by atomic mass is 10.0. The molecule has 0 saturated heterocycles. The van der Waals surface area contributed by atoms with Gasteiger partial charge in [0.2, 0.25) is 0 Å². The smallest absolute Gasteiger partial charge is 0.162 e. The van der Waals surface area contributed by atoms with Crippen LogP contribution in [0.4, 0.5) is 8.78 Å². The molecule has 1 heterocycles. The fourth-order valence-corrected chi connectivity index (χ4v) is 2.40. The summed E-state index contributed by atoms with van der Waals surface area (Å²) in [5.74, 6) is -1.01. The number of halogens is 2. The zero-order valence-electron chi connectivity index (χ0n) is 12.4. The second-order valence-electron chi connectivity index (χ2n) is 4.67. The van der Waals surface area contributed by atoms with Crippen molar-refractivity contribution in [1.82, 2.24) is 15.1 Å². The zero-order chi connectivity index (χ0) is 15.4. The van der Waals surface area contributed by atoms with E-state index >= 15 is 0 Å². The van der Waals surface area contributed by atoms with E-state index in [4.69, 9.17) is 4.74 Å². The van der Waals surface area contributed by atoms with Crippen molar-refractivity contribution in [2.75, 3.05) is 14.2 Å². The summed E-state index contributed by atoms with van der Waals surface area (Å²) in [7, 11) is 3.34. The summed E-state index contributed by atoms with van der Waals surface area (Å²) in [6, 6.07) is 3.99. The Balaban J connectivity index is 2.36. The van der Waals surface area contributed by atoms with E-state index in [1.54, 1.807) is 31.1 Å². The third-order valence-corrected chi connectivity index (χ3v) is 3.50. The molecule has 0 radical (unpaired) electrons. The Kier molecular flexibility index (Phi) is 4.90. The van der Waals surface area contributed by atoms with Crippen LogP contribution in [-0.2, 0) is 13.0 Å². The number of nitrogens with zero attached hydrogens (tertiary/aromatic N) is 2. The fourth-order valence-electron chi connectivity index (χ4n) is 2.40. The summed E-state index contributed by atoms with van der Waals surface area (Å²) >= 11 is 0. The Bertz CT molecular complexity index is 591. The topological polar surface area (TPSA) is 39.1 Å². The molecule has 2 rings (SSSR count). The molecule has 21 heavy (non-hydrogen) atoms. The maximum Gasteiger partial charge on any atom is 0.162 e. The van der Waals surface area contributed by atoms with Gasteiger partial charge in [-0.25, -0.2) is 8.78 Å². The number of hydrogen-bond donors (Lipinski definition) is 1. The van der Waals surface area contributed by atoms with Crippen molar-refractivity contribution in [3.63, 3.8) is 0 Å². The van der Waals surface area contributed by atoms with Crippen LogP contribution in [0.3, 0.4) is 0 Å². The Morgan fingerprint density at radius 2 is 2.14 bits per heavy atom. The Labute approximate surface area is 122 Å². The van der Waals surface area contributed by atoms with Gasteiger partial charge in [0.15, 0.2) is 17.4 Å². The summed E-state index contributed by atoms with van der Waals surface area (Å²) in [5, 5.41) is 7.36. The Hall–Kier alpha value is -1.95. The number of likely N-dealkylation sites (N-methyl/N-ethyl adjacent to an activating group) is 1. The van der Waals surface area contributed by atoms with Crippen molar-refractivity contribution in [2.45, 2.75) is 25.9 Å². The molecule has 2 aromatic rings. The van der Waals surface area contributed by atoms with E-state index in [0.717, 1.165) is 11.8 Å². The van der Waals surface area contributed by atoms with E-state index in [-0.39, 0.29) is 6.04 Å². The first kappa shape index (κ1) is 15.4. The van der Waals surface area contributed by atoms with Gasteiger partial charge in [-0.2, -0.15) is 5.10 Å². The van der Waals surface area contributed by atoms with Crippen LogP contribution < -0.4 is 10.1 Å². The SMILES string of the molecule is CCn1ncc(OC)c1C(Cc1cccc(F)c1F)NC. The summed E-state index contributed by atoms with van der Waals surface area (Å²) in [5.41, 5.74) is 1.14. The van der Waals surface area contributed by atoms with E-state index in [0.29, 0.717) is 24.3 Å².